The summed E-state index contributed by atoms with van der Waals surface area (Å²) in [6, 6.07) is 0. The van der Waals surface area contributed by atoms with Crippen molar-refractivity contribution in [2.24, 2.45) is 5.73 Å². The molecule has 1 heterocycles. The molecule has 0 radical (unpaired) electrons. The van der Waals surface area contributed by atoms with Crippen LogP contribution in [0.5, 0.6) is 0 Å². The predicted molar refractivity (Wildman–Crippen MR) is 72.0 cm³/mol. The van der Waals surface area contributed by atoms with Crippen molar-refractivity contribution in [1.82, 2.24) is 4.98 Å². The molecule has 0 fully saturated rings. The van der Waals surface area contributed by atoms with Crippen molar-refractivity contribution in [2.45, 2.75) is 39.2 Å². The molecule has 1 unspecified atom stereocenters. The number of ether oxygens (including phenoxy) is 1. The topological polar surface area (TPSA) is 48.1 Å². The molecule has 2 N–H and O–H groups in total. The van der Waals surface area contributed by atoms with Crippen LogP contribution in [0.2, 0.25) is 0 Å². The second kappa shape index (κ2) is 6.93. The largest absolute Gasteiger partial charge is 0.393 e. The van der Waals surface area contributed by atoms with Gasteiger partial charge in [-0.15, -0.1) is 11.3 Å². The Kier molecular flexibility index (Phi) is 5.87. The Morgan fingerprint density at radius 1 is 1.69 bits per heavy atom. The maximum absolute atomic E-state index is 5.74. The van der Waals surface area contributed by atoms with Crippen LogP contribution in [0.15, 0.2) is 5.51 Å². The van der Waals surface area contributed by atoms with Crippen molar-refractivity contribution >= 4 is 28.5 Å². The predicted octanol–water partition coefficient (Wildman–Crippen LogP) is 2.47. The van der Waals surface area contributed by atoms with Crippen molar-refractivity contribution in [3.63, 3.8) is 0 Å². The average Bonchev–Trinajstić information content (AvgIpc) is 2.62. The molecule has 1 aromatic heterocycles. The maximum atomic E-state index is 5.74. The second-order valence-corrected chi connectivity index (χ2v) is 5.15. The maximum Gasteiger partial charge on any atom is 0.0797 e. The van der Waals surface area contributed by atoms with Crippen LogP contribution in [0.4, 0.5) is 0 Å². The van der Waals surface area contributed by atoms with E-state index in [1.54, 1.807) is 11.3 Å². The van der Waals surface area contributed by atoms with Gasteiger partial charge in [-0.1, -0.05) is 19.1 Å². The number of nitrogens with two attached hydrogens (primary N) is 1. The quantitative estimate of drug-likeness (QED) is 0.763. The lowest BCUT2D eigenvalue weighted by atomic mass is 10.2. The van der Waals surface area contributed by atoms with Crippen LogP contribution in [0, 0.1) is 6.92 Å². The van der Waals surface area contributed by atoms with Crippen LogP contribution in [-0.4, -0.2) is 22.7 Å². The number of hydrogen-bond acceptors (Lipinski definition) is 4. The monoisotopic (exact) mass is 258 g/mol. The minimum absolute atomic E-state index is 0.158. The molecule has 0 bridgehead atoms. The summed E-state index contributed by atoms with van der Waals surface area (Å²) in [6.07, 6.45) is 2.70. The number of nitrogens with zero attached hydrogens (tertiary/aromatic N) is 1. The fourth-order valence-electron chi connectivity index (χ4n) is 1.43. The molecule has 90 valence electrons. The zero-order valence-electron chi connectivity index (χ0n) is 9.73. The van der Waals surface area contributed by atoms with E-state index < -0.39 is 0 Å². The third kappa shape index (κ3) is 4.55. The molecule has 0 aliphatic heterocycles. The summed E-state index contributed by atoms with van der Waals surface area (Å²) in [5.74, 6) is 0. The Morgan fingerprint density at radius 3 is 2.94 bits per heavy atom. The number of aryl methyl sites for hydroxylation is 1. The molecule has 0 saturated carbocycles. The van der Waals surface area contributed by atoms with Gasteiger partial charge in [-0.05, 0) is 13.3 Å². The number of hydrogen-bond donors (Lipinski definition) is 1. The zero-order chi connectivity index (χ0) is 12.0. The van der Waals surface area contributed by atoms with Gasteiger partial charge < -0.3 is 10.5 Å². The van der Waals surface area contributed by atoms with Crippen molar-refractivity contribution < 1.29 is 4.74 Å². The highest BCUT2D eigenvalue weighted by atomic mass is 32.1. The van der Waals surface area contributed by atoms with E-state index in [4.69, 9.17) is 22.7 Å². The SMILES string of the molecule is CCC(CC(N)=S)OCCc1scnc1C. The van der Waals surface area contributed by atoms with Crippen molar-refractivity contribution in [3.05, 3.63) is 16.1 Å². The Balaban J connectivity index is 2.28. The van der Waals surface area contributed by atoms with Gasteiger partial charge in [-0.2, -0.15) is 0 Å². The highest BCUT2D eigenvalue weighted by Gasteiger charge is 2.08. The van der Waals surface area contributed by atoms with E-state index in [0.29, 0.717) is 18.0 Å². The molecule has 5 heteroatoms. The zero-order valence-corrected chi connectivity index (χ0v) is 11.4. The third-order valence-corrected chi connectivity index (χ3v) is 3.57. The van der Waals surface area contributed by atoms with Gasteiger partial charge in [0.25, 0.3) is 0 Å². The van der Waals surface area contributed by atoms with Gasteiger partial charge in [0.05, 0.1) is 28.9 Å². The third-order valence-electron chi connectivity index (χ3n) is 2.41. The molecular weight excluding hydrogens is 240 g/mol. The molecule has 3 nitrogen and oxygen atoms in total. The molecule has 1 aromatic rings. The van der Waals surface area contributed by atoms with Gasteiger partial charge in [0, 0.05) is 17.7 Å². The molecule has 1 rings (SSSR count). The van der Waals surface area contributed by atoms with Crippen LogP contribution >= 0.6 is 23.6 Å². The molecule has 0 aliphatic rings. The van der Waals surface area contributed by atoms with Crippen molar-refractivity contribution in [1.29, 1.82) is 0 Å². The van der Waals surface area contributed by atoms with Crippen LogP contribution in [0.25, 0.3) is 0 Å². The summed E-state index contributed by atoms with van der Waals surface area (Å²) < 4.78 is 5.74. The van der Waals surface area contributed by atoms with Gasteiger partial charge in [0.2, 0.25) is 0 Å². The number of rotatable bonds is 7. The molecule has 16 heavy (non-hydrogen) atoms. The highest BCUT2D eigenvalue weighted by molar-refractivity contribution is 7.80. The lowest BCUT2D eigenvalue weighted by Crippen LogP contribution is -2.21. The van der Waals surface area contributed by atoms with Crippen molar-refractivity contribution in [3.8, 4) is 0 Å². The summed E-state index contributed by atoms with van der Waals surface area (Å²) in [6.45, 7) is 4.82. The molecular formula is C11H18N2OS2. The van der Waals surface area contributed by atoms with Crippen LogP contribution < -0.4 is 5.73 Å². The van der Waals surface area contributed by atoms with E-state index in [1.807, 2.05) is 12.4 Å². The average molecular weight is 258 g/mol. The Hall–Kier alpha value is -0.520. The Morgan fingerprint density at radius 2 is 2.44 bits per heavy atom. The summed E-state index contributed by atoms with van der Waals surface area (Å²) >= 11 is 6.56. The van der Waals surface area contributed by atoms with Gasteiger partial charge >= 0.3 is 0 Å². The Labute approximate surface area is 106 Å². The lowest BCUT2D eigenvalue weighted by Gasteiger charge is -2.14. The summed E-state index contributed by atoms with van der Waals surface area (Å²) in [7, 11) is 0. The summed E-state index contributed by atoms with van der Waals surface area (Å²) in [5.41, 5.74) is 8.48. The first kappa shape index (κ1) is 13.5. The van der Waals surface area contributed by atoms with Gasteiger partial charge in [-0.3, -0.25) is 0 Å². The molecule has 0 saturated heterocycles. The molecule has 0 aromatic carbocycles. The van der Waals surface area contributed by atoms with E-state index in [0.717, 1.165) is 18.5 Å². The minimum Gasteiger partial charge on any atom is -0.393 e. The number of aromatic nitrogens is 1. The first-order valence-corrected chi connectivity index (χ1v) is 6.71. The fraction of sp³-hybridized carbons (Fsp3) is 0.636. The molecule has 0 amide bonds. The number of thiocarbonyl (C=S) groups is 1. The lowest BCUT2D eigenvalue weighted by molar-refractivity contribution is 0.0583. The first-order chi connectivity index (χ1) is 7.63. The van der Waals surface area contributed by atoms with Gasteiger partial charge in [-0.25, -0.2) is 4.98 Å². The molecule has 0 spiro atoms. The minimum atomic E-state index is 0.158. The second-order valence-electron chi connectivity index (χ2n) is 3.68. The Bertz CT molecular complexity index is 338. The van der Waals surface area contributed by atoms with E-state index in [1.165, 1.54) is 4.88 Å². The smallest absolute Gasteiger partial charge is 0.0797 e. The highest BCUT2D eigenvalue weighted by Crippen LogP contribution is 2.13. The molecule has 1 atom stereocenters. The molecule has 0 aliphatic carbocycles. The van der Waals surface area contributed by atoms with Crippen LogP contribution in [0.3, 0.4) is 0 Å². The van der Waals surface area contributed by atoms with Crippen LogP contribution in [-0.2, 0) is 11.2 Å². The van der Waals surface area contributed by atoms with Crippen LogP contribution in [0.1, 0.15) is 30.3 Å². The van der Waals surface area contributed by atoms with Gasteiger partial charge in [0.1, 0.15) is 0 Å². The van der Waals surface area contributed by atoms with E-state index in [-0.39, 0.29) is 6.10 Å². The van der Waals surface area contributed by atoms with Gasteiger partial charge in [0.15, 0.2) is 0 Å². The van der Waals surface area contributed by atoms with Crippen molar-refractivity contribution in [2.75, 3.05) is 6.61 Å². The fourth-order valence-corrected chi connectivity index (χ4v) is 2.38. The normalized spacial score (nSPS) is 12.6. The number of thiazole rings is 1. The van der Waals surface area contributed by atoms with E-state index in [9.17, 15) is 0 Å². The summed E-state index contributed by atoms with van der Waals surface area (Å²) in [4.78, 5) is 6.03. The summed E-state index contributed by atoms with van der Waals surface area (Å²) in [5, 5.41) is 0. The standard InChI is InChI=1S/C11H18N2OS2/c1-3-9(6-11(12)15)14-5-4-10-8(2)13-7-16-10/h7,9H,3-6H2,1-2H3,(H2,12,15). The first-order valence-electron chi connectivity index (χ1n) is 5.42. The van der Waals surface area contributed by atoms with E-state index in [2.05, 4.69) is 11.9 Å². The van der Waals surface area contributed by atoms with E-state index >= 15 is 0 Å².